The number of hydrogen-bond acceptors (Lipinski definition) is 6. The minimum absolute atomic E-state index is 0.119. The van der Waals surface area contributed by atoms with Crippen LogP contribution in [-0.4, -0.2) is 59.7 Å². The number of amides is 3. The van der Waals surface area contributed by atoms with Gasteiger partial charge in [-0.1, -0.05) is 30.3 Å². The van der Waals surface area contributed by atoms with Crippen molar-refractivity contribution in [1.82, 2.24) is 16.0 Å². The van der Waals surface area contributed by atoms with Crippen LogP contribution < -0.4 is 21.7 Å². The number of carboxylic acid groups (broad SMARTS) is 1. The van der Waals surface area contributed by atoms with E-state index in [2.05, 4.69) is 28.6 Å². The van der Waals surface area contributed by atoms with E-state index < -0.39 is 42.3 Å². The minimum Gasteiger partial charge on any atom is -0.480 e. The normalized spacial score (nSPS) is 12.5. The molecule has 1 aromatic rings. The molecule has 142 valence electrons. The van der Waals surface area contributed by atoms with Crippen LogP contribution in [0.1, 0.15) is 5.56 Å². The van der Waals surface area contributed by atoms with E-state index in [1.165, 1.54) is 0 Å². The second-order valence-corrected chi connectivity index (χ2v) is 5.80. The molecule has 0 aliphatic carbocycles. The standard InChI is InChI=1S/C16H22N4O5S/c17-11(9-26)15(23)19-7-13(21)18-8-14(22)20-12(16(24)25)6-10-4-2-1-3-5-10/h1-5,11-12,26H,6-9,17H2,(H,18,21)(H,19,23)(H,20,22)(H,24,25). The molecule has 0 aromatic heterocycles. The van der Waals surface area contributed by atoms with E-state index in [1.54, 1.807) is 30.3 Å². The number of rotatable bonds is 10. The molecule has 9 nitrogen and oxygen atoms in total. The van der Waals surface area contributed by atoms with Crippen molar-refractivity contribution >= 4 is 36.3 Å². The lowest BCUT2D eigenvalue weighted by Gasteiger charge is -2.15. The zero-order chi connectivity index (χ0) is 19.5. The number of aliphatic carboxylic acids is 1. The van der Waals surface area contributed by atoms with Gasteiger partial charge in [-0.15, -0.1) is 0 Å². The molecule has 0 radical (unpaired) electrons. The average Bonchev–Trinajstić information content (AvgIpc) is 2.63. The summed E-state index contributed by atoms with van der Waals surface area (Å²) in [5, 5.41) is 16.1. The smallest absolute Gasteiger partial charge is 0.326 e. The molecular weight excluding hydrogens is 360 g/mol. The summed E-state index contributed by atoms with van der Waals surface area (Å²) in [4.78, 5) is 46.1. The summed E-state index contributed by atoms with van der Waals surface area (Å²) in [6.45, 7) is -0.758. The highest BCUT2D eigenvalue weighted by atomic mass is 32.1. The number of carbonyl (C=O) groups excluding carboxylic acids is 3. The Labute approximate surface area is 156 Å². The summed E-state index contributed by atoms with van der Waals surface area (Å²) < 4.78 is 0. The third-order valence-corrected chi connectivity index (χ3v) is 3.71. The van der Waals surface area contributed by atoms with Gasteiger partial charge in [-0.3, -0.25) is 14.4 Å². The van der Waals surface area contributed by atoms with Crippen molar-refractivity contribution in [3.63, 3.8) is 0 Å². The molecule has 6 N–H and O–H groups in total. The number of nitrogens with one attached hydrogen (secondary N) is 3. The summed E-state index contributed by atoms with van der Waals surface area (Å²) in [6, 6.07) is 6.90. The van der Waals surface area contributed by atoms with Crippen molar-refractivity contribution < 1.29 is 24.3 Å². The van der Waals surface area contributed by atoms with E-state index in [-0.39, 0.29) is 18.7 Å². The second-order valence-electron chi connectivity index (χ2n) is 5.43. The number of carbonyl (C=O) groups is 4. The van der Waals surface area contributed by atoms with Gasteiger partial charge in [0.1, 0.15) is 6.04 Å². The number of benzene rings is 1. The molecule has 0 saturated carbocycles. The van der Waals surface area contributed by atoms with Gasteiger partial charge in [0.25, 0.3) is 0 Å². The molecule has 0 aliphatic heterocycles. The topological polar surface area (TPSA) is 151 Å². The van der Waals surface area contributed by atoms with E-state index in [1.807, 2.05) is 0 Å². The van der Waals surface area contributed by atoms with Crippen LogP contribution in [-0.2, 0) is 25.6 Å². The zero-order valence-corrected chi connectivity index (χ0v) is 14.9. The summed E-state index contributed by atoms with van der Waals surface area (Å²) in [5.41, 5.74) is 6.19. The van der Waals surface area contributed by atoms with Crippen molar-refractivity contribution in [2.45, 2.75) is 18.5 Å². The summed E-state index contributed by atoms with van der Waals surface area (Å²) in [7, 11) is 0. The summed E-state index contributed by atoms with van der Waals surface area (Å²) in [5.74, 6) is -2.83. The molecule has 10 heteroatoms. The maximum atomic E-state index is 11.8. The van der Waals surface area contributed by atoms with Gasteiger partial charge < -0.3 is 26.8 Å². The molecular formula is C16H22N4O5S. The maximum Gasteiger partial charge on any atom is 0.326 e. The van der Waals surface area contributed by atoms with Gasteiger partial charge in [0.15, 0.2) is 0 Å². The van der Waals surface area contributed by atoms with Gasteiger partial charge in [0.05, 0.1) is 19.1 Å². The first kappa shape index (κ1) is 21.5. The van der Waals surface area contributed by atoms with E-state index in [9.17, 15) is 24.3 Å². The lowest BCUT2D eigenvalue weighted by atomic mass is 10.1. The molecule has 2 unspecified atom stereocenters. The van der Waals surface area contributed by atoms with Crippen LogP contribution in [0.3, 0.4) is 0 Å². The van der Waals surface area contributed by atoms with E-state index >= 15 is 0 Å². The van der Waals surface area contributed by atoms with Crippen molar-refractivity contribution in [3.8, 4) is 0 Å². The molecule has 0 heterocycles. The van der Waals surface area contributed by atoms with Gasteiger partial charge >= 0.3 is 5.97 Å². The lowest BCUT2D eigenvalue weighted by Crippen LogP contribution is -2.49. The highest BCUT2D eigenvalue weighted by molar-refractivity contribution is 7.80. The number of thiol groups is 1. The fourth-order valence-corrected chi connectivity index (χ4v) is 2.08. The molecule has 1 aromatic carbocycles. The molecule has 2 atom stereocenters. The Bertz CT molecular complexity index is 641. The van der Waals surface area contributed by atoms with Crippen LogP contribution in [0.25, 0.3) is 0 Å². The van der Waals surface area contributed by atoms with Gasteiger partial charge in [0.2, 0.25) is 17.7 Å². The van der Waals surface area contributed by atoms with Crippen molar-refractivity contribution in [3.05, 3.63) is 35.9 Å². The number of nitrogens with two attached hydrogens (primary N) is 1. The highest BCUT2D eigenvalue weighted by Gasteiger charge is 2.20. The highest BCUT2D eigenvalue weighted by Crippen LogP contribution is 2.03. The van der Waals surface area contributed by atoms with Crippen molar-refractivity contribution in [2.24, 2.45) is 5.73 Å². The van der Waals surface area contributed by atoms with Crippen LogP contribution in [0, 0.1) is 0 Å². The molecule has 0 bridgehead atoms. The number of carboxylic acids is 1. The van der Waals surface area contributed by atoms with Crippen LogP contribution in [0.4, 0.5) is 0 Å². The monoisotopic (exact) mass is 382 g/mol. The fraction of sp³-hybridized carbons (Fsp3) is 0.375. The molecule has 0 saturated heterocycles. The maximum absolute atomic E-state index is 11.8. The molecule has 0 aliphatic rings. The van der Waals surface area contributed by atoms with Gasteiger partial charge in [-0.05, 0) is 5.56 Å². The van der Waals surface area contributed by atoms with Crippen LogP contribution in [0.5, 0.6) is 0 Å². The SMILES string of the molecule is NC(CS)C(=O)NCC(=O)NCC(=O)NC(Cc1ccccc1)C(=O)O. The molecule has 0 spiro atoms. The minimum atomic E-state index is -1.18. The second kappa shape index (κ2) is 11.1. The Kier molecular flexibility index (Phi) is 9.17. The first-order valence-corrected chi connectivity index (χ1v) is 8.43. The Hall–Kier alpha value is -2.59. The van der Waals surface area contributed by atoms with Crippen molar-refractivity contribution in [2.75, 3.05) is 18.8 Å². The van der Waals surface area contributed by atoms with Crippen molar-refractivity contribution in [1.29, 1.82) is 0 Å². The Balaban J connectivity index is 2.40. The summed E-state index contributed by atoms with van der Waals surface area (Å²) >= 11 is 3.86. The fourth-order valence-electron chi connectivity index (χ4n) is 1.92. The first-order valence-electron chi connectivity index (χ1n) is 7.80. The Morgan fingerprint density at radius 2 is 1.65 bits per heavy atom. The van der Waals surface area contributed by atoms with Gasteiger partial charge in [-0.2, -0.15) is 12.6 Å². The molecule has 26 heavy (non-hydrogen) atoms. The van der Waals surface area contributed by atoms with Gasteiger partial charge in [0, 0.05) is 12.2 Å². The van der Waals surface area contributed by atoms with Gasteiger partial charge in [-0.25, -0.2) is 4.79 Å². The van der Waals surface area contributed by atoms with E-state index in [0.717, 1.165) is 5.56 Å². The van der Waals surface area contributed by atoms with E-state index in [0.29, 0.717) is 0 Å². The third kappa shape index (κ3) is 7.99. The average molecular weight is 382 g/mol. The quantitative estimate of drug-likeness (QED) is 0.265. The Morgan fingerprint density at radius 1 is 1.04 bits per heavy atom. The largest absolute Gasteiger partial charge is 0.480 e. The molecule has 0 fully saturated rings. The molecule has 3 amide bonds. The predicted octanol–water partition coefficient (Wildman–Crippen LogP) is -1.71. The predicted molar refractivity (Wildman–Crippen MR) is 97.6 cm³/mol. The Morgan fingerprint density at radius 3 is 2.23 bits per heavy atom. The number of hydrogen-bond donors (Lipinski definition) is 6. The van der Waals surface area contributed by atoms with E-state index in [4.69, 9.17) is 5.73 Å². The zero-order valence-electron chi connectivity index (χ0n) is 14.0. The van der Waals surface area contributed by atoms with Crippen LogP contribution in [0.2, 0.25) is 0 Å². The third-order valence-electron chi connectivity index (χ3n) is 3.32. The summed E-state index contributed by atoms with van der Waals surface area (Å²) in [6.07, 6.45) is 0.119. The first-order chi connectivity index (χ1) is 12.3. The van der Waals surface area contributed by atoms with Crippen LogP contribution in [0.15, 0.2) is 30.3 Å². The lowest BCUT2D eigenvalue weighted by molar-refractivity contribution is -0.141. The molecule has 1 rings (SSSR count). The van der Waals surface area contributed by atoms with Crippen LogP contribution >= 0.6 is 12.6 Å².